The number of hydrogen-bond donors (Lipinski definition) is 1. The summed E-state index contributed by atoms with van der Waals surface area (Å²) < 4.78 is 0. The predicted octanol–water partition coefficient (Wildman–Crippen LogP) is 4.90. The van der Waals surface area contributed by atoms with Gasteiger partial charge in [-0.3, -0.25) is 0 Å². The van der Waals surface area contributed by atoms with Gasteiger partial charge in [0.25, 0.3) is 0 Å². The van der Waals surface area contributed by atoms with Gasteiger partial charge in [0.1, 0.15) is 0 Å². The first-order chi connectivity index (χ1) is 10.1. The fourth-order valence-electron chi connectivity index (χ4n) is 3.20. The quantitative estimate of drug-likeness (QED) is 0.839. The molecule has 0 aliphatic heterocycles. The van der Waals surface area contributed by atoms with E-state index in [1.165, 1.54) is 40.7 Å². The molecule has 0 amide bonds. The summed E-state index contributed by atoms with van der Waals surface area (Å²) in [5.41, 5.74) is 7.19. The molecule has 110 valence electrons. The van der Waals surface area contributed by atoms with Gasteiger partial charge in [-0.05, 0) is 47.9 Å². The van der Waals surface area contributed by atoms with Crippen LogP contribution in [-0.4, -0.2) is 0 Å². The molecule has 0 saturated carbocycles. The van der Waals surface area contributed by atoms with Crippen molar-refractivity contribution in [1.82, 2.24) is 5.32 Å². The van der Waals surface area contributed by atoms with E-state index in [0.717, 1.165) is 6.54 Å². The van der Waals surface area contributed by atoms with E-state index in [1.807, 2.05) is 0 Å². The summed E-state index contributed by atoms with van der Waals surface area (Å²) in [4.78, 5) is 0. The van der Waals surface area contributed by atoms with E-state index in [0.29, 0.717) is 12.0 Å². The fraction of sp³-hybridized carbons (Fsp3) is 0.400. The zero-order valence-corrected chi connectivity index (χ0v) is 13.3. The van der Waals surface area contributed by atoms with Crippen LogP contribution in [0.1, 0.15) is 60.0 Å². The molecule has 1 aliphatic carbocycles. The van der Waals surface area contributed by atoms with Crippen LogP contribution in [0.4, 0.5) is 0 Å². The molecule has 21 heavy (non-hydrogen) atoms. The molecule has 1 atom stereocenters. The van der Waals surface area contributed by atoms with Crippen molar-refractivity contribution in [3.8, 4) is 0 Å². The topological polar surface area (TPSA) is 12.0 Å². The predicted molar refractivity (Wildman–Crippen MR) is 89.6 cm³/mol. The normalized spacial score (nSPS) is 17.2. The molecule has 2 aromatic rings. The van der Waals surface area contributed by atoms with Crippen molar-refractivity contribution < 1.29 is 0 Å². The van der Waals surface area contributed by atoms with E-state index in [1.54, 1.807) is 0 Å². The molecule has 1 nitrogen and oxygen atoms in total. The van der Waals surface area contributed by atoms with E-state index in [4.69, 9.17) is 0 Å². The Morgan fingerprint density at radius 3 is 2.57 bits per heavy atom. The van der Waals surface area contributed by atoms with E-state index in [-0.39, 0.29) is 0 Å². The van der Waals surface area contributed by atoms with Crippen molar-refractivity contribution in [3.63, 3.8) is 0 Å². The third-order valence-corrected chi connectivity index (χ3v) is 4.58. The zero-order chi connectivity index (χ0) is 14.8. The Balaban J connectivity index is 1.65. The minimum absolute atomic E-state index is 0.518. The van der Waals surface area contributed by atoms with Gasteiger partial charge in [-0.15, -0.1) is 0 Å². The number of fused-ring (bicyclic) bond motifs is 1. The lowest BCUT2D eigenvalue weighted by Crippen LogP contribution is -2.18. The highest BCUT2D eigenvalue weighted by Crippen LogP contribution is 2.32. The number of benzene rings is 2. The van der Waals surface area contributed by atoms with Crippen LogP contribution in [0.2, 0.25) is 0 Å². The Morgan fingerprint density at radius 1 is 1.10 bits per heavy atom. The first-order valence-corrected chi connectivity index (χ1v) is 8.05. The first kappa shape index (κ1) is 14.3. The smallest absolute Gasteiger partial charge is 0.0329 e. The molecular formula is C20H25N. The third kappa shape index (κ3) is 3.19. The summed E-state index contributed by atoms with van der Waals surface area (Å²) in [6.45, 7) is 7.62. The molecular weight excluding hydrogens is 254 g/mol. The molecule has 0 bridgehead atoms. The highest BCUT2D eigenvalue weighted by molar-refractivity contribution is 5.37. The van der Waals surface area contributed by atoms with E-state index >= 15 is 0 Å². The Labute approximate surface area is 128 Å². The average Bonchev–Trinajstić information content (AvgIpc) is 2.88. The Morgan fingerprint density at radius 2 is 1.86 bits per heavy atom. The standard InChI is InChI=1S/C20H25N/c1-14(2)17-8-5-16(6-9-17)13-21-20-11-10-18-7-4-15(3)12-19(18)20/h4-9,12,14,20-21H,10-11,13H2,1-3H3. The van der Waals surface area contributed by atoms with Crippen LogP contribution in [0.3, 0.4) is 0 Å². The molecule has 1 aliphatic rings. The van der Waals surface area contributed by atoms with Crippen molar-refractivity contribution in [2.75, 3.05) is 0 Å². The molecule has 2 aromatic carbocycles. The minimum atomic E-state index is 0.518. The van der Waals surface area contributed by atoms with E-state index in [2.05, 4.69) is 68.6 Å². The first-order valence-electron chi connectivity index (χ1n) is 8.05. The summed E-state index contributed by atoms with van der Waals surface area (Å²) >= 11 is 0. The second-order valence-corrected chi connectivity index (χ2v) is 6.57. The minimum Gasteiger partial charge on any atom is -0.306 e. The van der Waals surface area contributed by atoms with Crippen LogP contribution < -0.4 is 5.32 Å². The summed E-state index contributed by atoms with van der Waals surface area (Å²) in [6.07, 6.45) is 2.43. The molecule has 0 fully saturated rings. The molecule has 1 N–H and O–H groups in total. The van der Waals surface area contributed by atoms with Crippen LogP contribution in [0.5, 0.6) is 0 Å². The van der Waals surface area contributed by atoms with Gasteiger partial charge >= 0.3 is 0 Å². The van der Waals surface area contributed by atoms with Gasteiger partial charge in [-0.2, -0.15) is 0 Å². The maximum absolute atomic E-state index is 3.73. The Hall–Kier alpha value is -1.60. The van der Waals surface area contributed by atoms with Crippen molar-refractivity contribution in [3.05, 3.63) is 70.3 Å². The molecule has 0 spiro atoms. The molecule has 3 rings (SSSR count). The number of nitrogens with one attached hydrogen (secondary N) is 1. The maximum atomic E-state index is 3.73. The SMILES string of the molecule is Cc1ccc2c(c1)C(NCc1ccc(C(C)C)cc1)CC2. The van der Waals surface area contributed by atoms with Gasteiger partial charge in [0.05, 0.1) is 0 Å². The lowest BCUT2D eigenvalue weighted by molar-refractivity contribution is 0.530. The van der Waals surface area contributed by atoms with Crippen LogP contribution in [0.15, 0.2) is 42.5 Å². The molecule has 0 saturated heterocycles. The van der Waals surface area contributed by atoms with Crippen LogP contribution in [0.25, 0.3) is 0 Å². The van der Waals surface area contributed by atoms with Gasteiger partial charge in [-0.1, -0.05) is 61.9 Å². The largest absolute Gasteiger partial charge is 0.306 e. The summed E-state index contributed by atoms with van der Waals surface area (Å²) in [5, 5.41) is 3.73. The second kappa shape index (κ2) is 6.03. The van der Waals surface area contributed by atoms with E-state index < -0.39 is 0 Å². The van der Waals surface area contributed by atoms with Gasteiger partial charge in [0.15, 0.2) is 0 Å². The van der Waals surface area contributed by atoms with E-state index in [9.17, 15) is 0 Å². The Bertz CT molecular complexity index is 610. The molecule has 0 radical (unpaired) electrons. The van der Waals surface area contributed by atoms with Gasteiger partial charge in [0, 0.05) is 12.6 Å². The van der Waals surface area contributed by atoms with Crippen molar-refractivity contribution in [2.45, 2.75) is 52.1 Å². The lowest BCUT2D eigenvalue weighted by atomic mass is 10.0. The van der Waals surface area contributed by atoms with Crippen molar-refractivity contribution in [1.29, 1.82) is 0 Å². The van der Waals surface area contributed by atoms with Crippen LogP contribution in [-0.2, 0) is 13.0 Å². The molecule has 0 heterocycles. The highest BCUT2D eigenvalue weighted by Gasteiger charge is 2.21. The summed E-state index contributed by atoms with van der Waals surface area (Å²) in [7, 11) is 0. The molecule has 0 aromatic heterocycles. The van der Waals surface area contributed by atoms with Crippen LogP contribution in [0, 0.1) is 6.92 Å². The number of rotatable bonds is 4. The Kier molecular flexibility index (Phi) is 4.12. The monoisotopic (exact) mass is 279 g/mol. The van der Waals surface area contributed by atoms with Gasteiger partial charge < -0.3 is 5.32 Å². The van der Waals surface area contributed by atoms with Gasteiger partial charge in [-0.25, -0.2) is 0 Å². The van der Waals surface area contributed by atoms with Crippen molar-refractivity contribution >= 4 is 0 Å². The van der Waals surface area contributed by atoms with Crippen LogP contribution >= 0.6 is 0 Å². The van der Waals surface area contributed by atoms with Crippen molar-refractivity contribution in [2.24, 2.45) is 0 Å². The average molecular weight is 279 g/mol. The third-order valence-electron chi connectivity index (χ3n) is 4.58. The molecule has 1 heteroatoms. The van der Waals surface area contributed by atoms with Gasteiger partial charge in [0.2, 0.25) is 0 Å². The maximum Gasteiger partial charge on any atom is 0.0329 e. The highest BCUT2D eigenvalue weighted by atomic mass is 14.9. The zero-order valence-electron chi connectivity index (χ0n) is 13.3. The summed E-state index contributed by atoms with van der Waals surface area (Å²) in [6, 6.07) is 16.4. The second-order valence-electron chi connectivity index (χ2n) is 6.57. The summed E-state index contributed by atoms with van der Waals surface area (Å²) in [5.74, 6) is 0.608. The molecule has 1 unspecified atom stereocenters. The number of hydrogen-bond acceptors (Lipinski definition) is 1. The number of aryl methyl sites for hydroxylation is 2. The lowest BCUT2D eigenvalue weighted by Gasteiger charge is -2.15. The fourth-order valence-corrected chi connectivity index (χ4v) is 3.20.